The Balaban J connectivity index is 1.91. The maximum absolute atomic E-state index is 5.93. The van der Waals surface area contributed by atoms with Gasteiger partial charge in [0.2, 0.25) is 0 Å². The summed E-state index contributed by atoms with van der Waals surface area (Å²) in [7, 11) is 0. The van der Waals surface area contributed by atoms with Gasteiger partial charge in [-0.05, 0) is 25.8 Å². The topological polar surface area (TPSA) is 52.3 Å². The van der Waals surface area contributed by atoms with Gasteiger partial charge in [0, 0.05) is 17.7 Å². The van der Waals surface area contributed by atoms with E-state index in [1.165, 1.54) is 15.8 Å². The molecule has 0 radical (unpaired) electrons. The van der Waals surface area contributed by atoms with Gasteiger partial charge in [0.25, 0.3) is 0 Å². The maximum atomic E-state index is 5.93. The molecule has 0 aromatic carbocycles. The molecule has 0 bridgehead atoms. The maximum Gasteiger partial charge on any atom is 0.167 e. The molecule has 1 aliphatic rings. The van der Waals surface area contributed by atoms with Crippen molar-refractivity contribution in [3.05, 3.63) is 22.6 Å². The largest absolute Gasteiger partial charge is 0.370 e. The molecule has 3 aromatic rings. The minimum Gasteiger partial charge on any atom is -0.370 e. The average Bonchev–Trinajstić information content (AvgIpc) is 3.03. The molecule has 6 heteroatoms. The van der Waals surface area contributed by atoms with Crippen molar-refractivity contribution in [3.8, 4) is 0 Å². The number of nitrogens with zero attached hydrogens (tertiary/aromatic N) is 4. The summed E-state index contributed by atoms with van der Waals surface area (Å²) in [5, 5.41) is 5.76. The van der Waals surface area contributed by atoms with Gasteiger partial charge in [-0.15, -0.1) is 16.4 Å². The lowest BCUT2D eigenvalue weighted by molar-refractivity contribution is -0.0379. The van der Waals surface area contributed by atoms with Crippen LogP contribution in [0.5, 0.6) is 0 Å². The Labute approximate surface area is 133 Å². The van der Waals surface area contributed by atoms with Crippen molar-refractivity contribution >= 4 is 27.2 Å². The minimum absolute atomic E-state index is 0.126. The highest BCUT2D eigenvalue weighted by Gasteiger charge is 2.30. The van der Waals surface area contributed by atoms with Gasteiger partial charge in [0.15, 0.2) is 11.5 Å². The van der Waals surface area contributed by atoms with Gasteiger partial charge in [-0.25, -0.2) is 14.5 Å². The summed E-state index contributed by atoms with van der Waals surface area (Å²) in [4.78, 5) is 11.7. The van der Waals surface area contributed by atoms with Crippen LogP contribution in [0.15, 0.2) is 6.33 Å². The van der Waals surface area contributed by atoms with Crippen molar-refractivity contribution in [2.24, 2.45) is 0 Å². The zero-order valence-corrected chi connectivity index (χ0v) is 14.0. The summed E-state index contributed by atoms with van der Waals surface area (Å²) in [6, 6.07) is 0. The van der Waals surface area contributed by atoms with Crippen molar-refractivity contribution < 1.29 is 4.74 Å². The van der Waals surface area contributed by atoms with E-state index in [1.54, 1.807) is 17.7 Å². The van der Waals surface area contributed by atoms with Crippen LogP contribution in [0, 0.1) is 0 Å². The van der Waals surface area contributed by atoms with E-state index in [1.807, 2.05) is 4.52 Å². The van der Waals surface area contributed by atoms with E-state index < -0.39 is 0 Å². The Bertz CT molecular complexity index is 849. The Morgan fingerprint density at radius 1 is 1.41 bits per heavy atom. The van der Waals surface area contributed by atoms with Crippen molar-refractivity contribution in [2.75, 3.05) is 0 Å². The Morgan fingerprint density at radius 3 is 3.09 bits per heavy atom. The van der Waals surface area contributed by atoms with Crippen molar-refractivity contribution in [1.82, 2.24) is 19.6 Å². The van der Waals surface area contributed by atoms with E-state index in [2.05, 4.69) is 30.9 Å². The van der Waals surface area contributed by atoms with Crippen LogP contribution in [0.25, 0.3) is 15.9 Å². The molecule has 0 N–H and O–H groups in total. The molecule has 0 aliphatic carbocycles. The third-order valence-electron chi connectivity index (χ3n) is 4.21. The normalized spacial score (nSPS) is 17.2. The molecule has 0 unspecified atom stereocenters. The van der Waals surface area contributed by atoms with Crippen LogP contribution in [-0.2, 0) is 24.2 Å². The fourth-order valence-corrected chi connectivity index (χ4v) is 4.09. The number of rotatable bonds is 3. The number of ether oxygens (including phenoxy) is 1. The van der Waals surface area contributed by atoms with Gasteiger partial charge in [0.05, 0.1) is 17.6 Å². The smallest absolute Gasteiger partial charge is 0.167 e. The summed E-state index contributed by atoms with van der Waals surface area (Å²) >= 11 is 1.73. The number of unbranched alkanes of at least 4 members (excludes halogenated alkanes) is 1. The van der Waals surface area contributed by atoms with Gasteiger partial charge in [-0.2, -0.15) is 0 Å². The molecule has 0 saturated heterocycles. The van der Waals surface area contributed by atoms with E-state index in [4.69, 9.17) is 9.72 Å². The van der Waals surface area contributed by atoms with E-state index in [0.29, 0.717) is 6.61 Å². The molecule has 0 amide bonds. The lowest BCUT2D eigenvalue weighted by Crippen LogP contribution is -2.31. The molecule has 0 atom stereocenters. The molecule has 1 aliphatic heterocycles. The Kier molecular flexibility index (Phi) is 3.20. The minimum atomic E-state index is -0.126. The number of hydrogen-bond donors (Lipinski definition) is 0. The van der Waals surface area contributed by atoms with Crippen LogP contribution in [0.2, 0.25) is 0 Å². The Morgan fingerprint density at radius 2 is 2.27 bits per heavy atom. The van der Waals surface area contributed by atoms with Crippen molar-refractivity contribution in [1.29, 1.82) is 0 Å². The summed E-state index contributed by atoms with van der Waals surface area (Å²) < 4.78 is 7.77. The van der Waals surface area contributed by atoms with Gasteiger partial charge in [-0.3, -0.25) is 0 Å². The predicted octanol–water partition coefficient (Wildman–Crippen LogP) is 3.53. The van der Waals surface area contributed by atoms with E-state index in [-0.39, 0.29) is 5.60 Å². The molecule has 0 fully saturated rings. The number of aryl methyl sites for hydroxylation is 1. The molecule has 4 heterocycles. The fourth-order valence-electron chi connectivity index (χ4n) is 3.03. The molecule has 0 spiro atoms. The van der Waals surface area contributed by atoms with Gasteiger partial charge in [-0.1, -0.05) is 13.3 Å². The summed E-state index contributed by atoms with van der Waals surface area (Å²) in [6.45, 7) is 7.15. The zero-order valence-electron chi connectivity index (χ0n) is 13.2. The zero-order chi connectivity index (χ0) is 15.3. The molecule has 116 valence electrons. The molecule has 5 nitrogen and oxygen atoms in total. The highest BCUT2D eigenvalue weighted by molar-refractivity contribution is 7.19. The predicted molar refractivity (Wildman–Crippen MR) is 87.3 cm³/mol. The number of hydrogen-bond acceptors (Lipinski definition) is 5. The highest BCUT2D eigenvalue weighted by Crippen LogP contribution is 2.39. The second-order valence-electron chi connectivity index (χ2n) is 6.55. The molecule has 4 rings (SSSR count). The second kappa shape index (κ2) is 4.99. The van der Waals surface area contributed by atoms with Crippen LogP contribution >= 0.6 is 11.3 Å². The SMILES string of the molecule is CCCCc1nc2c3c4c(sc3ncn2n1)COC(C)(C)C4. The van der Waals surface area contributed by atoms with Crippen molar-refractivity contribution in [2.45, 2.75) is 58.7 Å². The van der Waals surface area contributed by atoms with E-state index in [9.17, 15) is 0 Å². The van der Waals surface area contributed by atoms with Gasteiger partial charge in [0.1, 0.15) is 11.2 Å². The monoisotopic (exact) mass is 316 g/mol. The summed E-state index contributed by atoms with van der Waals surface area (Å²) in [5.74, 6) is 0.919. The summed E-state index contributed by atoms with van der Waals surface area (Å²) in [5.41, 5.74) is 2.17. The molecular formula is C16H20N4OS. The standard InChI is InChI=1S/C16H20N4OS/c1-4-5-6-12-18-14-13-10-7-16(2,3)21-8-11(10)22-15(13)17-9-20(14)19-12/h9H,4-8H2,1-3H3. The number of aromatic nitrogens is 4. The quantitative estimate of drug-likeness (QED) is 0.742. The first kappa shape index (κ1) is 14.1. The second-order valence-corrected chi connectivity index (χ2v) is 7.64. The first-order chi connectivity index (χ1) is 10.6. The van der Waals surface area contributed by atoms with Crippen LogP contribution < -0.4 is 0 Å². The van der Waals surface area contributed by atoms with Crippen LogP contribution in [0.1, 0.15) is 49.9 Å². The first-order valence-corrected chi connectivity index (χ1v) is 8.67. The number of thiophene rings is 1. The molecule has 0 saturated carbocycles. The van der Waals surface area contributed by atoms with Gasteiger partial charge < -0.3 is 4.74 Å². The average molecular weight is 316 g/mol. The van der Waals surface area contributed by atoms with Crippen LogP contribution in [0.4, 0.5) is 0 Å². The highest BCUT2D eigenvalue weighted by atomic mass is 32.1. The lowest BCUT2D eigenvalue weighted by atomic mass is 9.94. The molecule has 3 aromatic heterocycles. The van der Waals surface area contributed by atoms with E-state index >= 15 is 0 Å². The number of fused-ring (bicyclic) bond motifs is 5. The van der Waals surface area contributed by atoms with Crippen LogP contribution in [0.3, 0.4) is 0 Å². The van der Waals surface area contributed by atoms with Crippen molar-refractivity contribution in [3.63, 3.8) is 0 Å². The molecular weight excluding hydrogens is 296 g/mol. The molecule has 22 heavy (non-hydrogen) atoms. The third-order valence-corrected chi connectivity index (χ3v) is 5.32. The Hall–Kier alpha value is -1.53. The third kappa shape index (κ3) is 2.21. The van der Waals surface area contributed by atoms with Crippen LogP contribution in [-0.4, -0.2) is 25.2 Å². The lowest BCUT2D eigenvalue weighted by Gasteiger charge is -2.30. The van der Waals surface area contributed by atoms with Gasteiger partial charge >= 0.3 is 0 Å². The fraction of sp³-hybridized carbons (Fsp3) is 0.562. The first-order valence-electron chi connectivity index (χ1n) is 7.86. The summed E-state index contributed by atoms with van der Waals surface area (Å²) in [6.07, 6.45) is 5.90. The van der Waals surface area contributed by atoms with E-state index in [0.717, 1.165) is 42.0 Å².